The zero-order valence-corrected chi connectivity index (χ0v) is 7.81. The van der Waals surface area contributed by atoms with Crippen LogP contribution in [-0.2, 0) is 4.74 Å². The van der Waals surface area contributed by atoms with Crippen molar-refractivity contribution in [2.45, 2.75) is 33.3 Å². The van der Waals surface area contributed by atoms with E-state index >= 15 is 0 Å². The van der Waals surface area contributed by atoms with Crippen LogP contribution in [0.5, 0.6) is 0 Å². The summed E-state index contributed by atoms with van der Waals surface area (Å²) < 4.78 is 5.66. The van der Waals surface area contributed by atoms with E-state index in [9.17, 15) is 0 Å². The van der Waals surface area contributed by atoms with E-state index in [0.717, 1.165) is 26.1 Å². The van der Waals surface area contributed by atoms with Crippen LogP contribution < -0.4 is 5.32 Å². The molecule has 1 aliphatic heterocycles. The van der Waals surface area contributed by atoms with Crippen LogP contribution in [0.15, 0.2) is 0 Å². The molecule has 0 aromatic heterocycles. The number of hydrogen-bond acceptors (Lipinski definition) is 2. The van der Waals surface area contributed by atoms with Crippen LogP contribution in [0, 0.1) is 5.41 Å². The smallest absolute Gasteiger partial charge is 0.0547 e. The molecule has 1 unspecified atom stereocenters. The molecule has 1 rings (SSSR count). The quantitative estimate of drug-likeness (QED) is 0.666. The summed E-state index contributed by atoms with van der Waals surface area (Å²) in [5.41, 5.74) is 0.420. The summed E-state index contributed by atoms with van der Waals surface area (Å²) in [5, 5.41) is 3.26. The minimum Gasteiger partial charge on any atom is -0.378 e. The second-order valence-corrected chi connectivity index (χ2v) is 3.94. The zero-order valence-electron chi connectivity index (χ0n) is 7.81. The van der Waals surface area contributed by atoms with Crippen molar-refractivity contribution in [1.82, 2.24) is 5.32 Å². The first-order valence-electron chi connectivity index (χ1n) is 4.48. The first kappa shape index (κ1) is 9.01. The van der Waals surface area contributed by atoms with Crippen molar-refractivity contribution in [3.8, 4) is 0 Å². The van der Waals surface area contributed by atoms with Crippen LogP contribution in [0.4, 0.5) is 0 Å². The molecule has 0 saturated carbocycles. The molecular formula is C9H19NO. The first-order valence-corrected chi connectivity index (χ1v) is 4.48. The van der Waals surface area contributed by atoms with E-state index in [1.54, 1.807) is 0 Å². The van der Waals surface area contributed by atoms with Gasteiger partial charge < -0.3 is 10.1 Å². The fourth-order valence-electron chi connectivity index (χ4n) is 1.12. The average molecular weight is 157 g/mol. The third-order valence-corrected chi connectivity index (χ3v) is 2.39. The summed E-state index contributed by atoms with van der Waals surface area (Å²) >= 11 is 0. The Morgan fingerprint density at radius 2 is 2.18 bits per heavy atom. The molecule has 0 spiro atoms. The van der Waals surface area contributed by atoms with Gasteiger partial charge in [-0.3, -0.25) is 0 Å². The molecule has 0 aliphatic carbocycles. The number of rotatable bonds is 4. The molecule has 0 amide bonds. The van der Waals surface area contributed by atoms with Gasteiger partial charge in [0.1, 0.15) is 0 Å². The lowest BCUT2D eigenvalue weighted by Gasteiger charge is -2.39. The number of hydrogen-bond donors (Lipinski definition) is 1. The largest absolute Gasteiger partial charge is 0.378 e. The molecule has 1 aliphatic rings. The van der Waals surface area contributed by atoms with Gasteiger partial charge in [-0.1, -0.05) is 13.8 Å². The molecule has 11 heavy (non-hydrogen) atoms. The van der Waals surface area contributed by atoms with E-state index in [4.69, 9.17) is 4.74 Å². The maximum absolute atomic E-state index is 5.66. The van der Waals surface area contributed by atoms with E-state index in [0.29, 0.717) is 11.5 Å². The highest BCUT2D eigenvalue weighted by atomic mass is 16.5. The summed E-state index contributed by atoms with van der Waals surface area (Å²) in [6.07, 6.45) is 1.54. The molecule has 66 valence electrons. The lowest BCUT2D eigenvalue weighted by atomic mass is 9.85. The van der Waals surface area contributed by atoms with Gasteiger partial charge in [-0.05, 0) is 13.3 Å². The normalized spacial score (nSPS) is 24.3. The molecule has 1 N–H and O–H groups in total. The van der Waals surface area contributed by atoms with Gasteiger partial charge in [0.2, 0.25) is 0 Å². The number of nitrogens with one attached hydrogen (secondary N) is 1. The topological polar surface area (TPSA) is 21.3 Å². The van der Waals surface area contributed by atoms with Crippen LogP contribution in [-0.4, -0.2) is 25.8 Å². The van der Waals surface area contributed by atoms with Crippen LogP contribution in [0.2, 0.25) is 0 Å². The van der Waals surface area contributed by atoms with Crippen LogP contribution in [0.3, 0.4) is 0 Å². The second-order valence-electron chi connectivity index (χ2n) is 3.94. The van der Waals surface area contributed by atoms with Crippen LogP contribution >= 0.6 is 0 Å². The Balaban J connectivity index is 2.11. The van der Waals surface area contributed by atoms with Gasteiger partial charge in [-0.15, -0.1) is 0 Å². The predicted molar refractivity (Wildman–Crippen MR) is 46.7 cm³/mol. The molecule has 0 bridgehead atoms. The van der Waals surface area contributed by atoms with E-state index in [-0.39, 0.29) is 0 Å². The van der Waals surface area contributed by atoms with Crippen molar-refractivity contribution < 1.29 is 4.74 Å². The lowest BCUT2D eigenvalue weighted by Crippen LogP contribution is -2.54. The average Bonchev–Trinajstić information content (AvgIpc) is 1.96. The van der Waals surface area contributed by atoms with Crippen molar-refractivity contribution in [3.63, 3.8) is 0 Å². The monoisotopic (exact) mass is 157 g/mol. The fraction of sp³-hybridized carbons (Fsp3) is 1.00. The standard InChI is InChI=1S/C9H19NO/c1-4-8(2)11-7-9(3)5-10-6-9/h8,10H,4-7H2,1-3H3. The molecule has 0 radical (unpaired) electrons. The van der Waals surface area contributed by atoms with E-state index < -0.39 is 0 Å². The molecule has 1 heterocycles. The Hall–Kier alpha value is -0.0800. The number of ether oxygens (including phenoxy) is 1. The maximum Gasteiger partial charge on any atom is 0.0547 e. The Kier molecular flexibility index (Phi) is 2.90. The van der Waals surface area contributed by atoms with Gasteiger partial charge in [0, 0.05) is 18.5 Å². The lowest BCUT2D eigenvalue weighted by molar-refractivity contribution is -0.0171. The SMILES string of the molecule is CCC(C)OCC1(C)CNC1. The predicted octanol–water partition coefficient (Wildman–Crippen LogP) is 1.41. The van der Waals surface area contributed by atoms with E-state index in [1.165, 1.54) is 0 Å². The van der Waals surface area contributed by atoms with Gasteiger partial charge in [-0.2, -0.15) is 0 Å². The van der Waals surface area contributed by atoms with Crippen molar-refractivity contribution in [3.05, 3.63) is 0 Å². The van der Waals surface area contributed by atoms with Gasteiger partial charge >= 0.3 is 0 Å². The molecular weight excluding hydrogens is 138 g/mol. The third kappa shape index (κ3) is 2.46. The van der Waals surface area contributed by atoms with Gasteiger partial charge in [0.25, 0.3) is 0 Å². The summed E-state index contributed by atoms with van der Waals surface area (Å²) in [6.45, 7) is 9.70. The molecule has 1 saturated heterocycles. The van der Waals surface area contributed by atoms with Crippen molar-refractivity contribution >= 4 is 0 Å². The third-order valence-electron chi connectivity index (χ3n) is 2.39. The first-order chi connectivity index (χ1) is 5.16. The molecule has 0 aromatic rings. The molecule has 0 aromatic carbocycles. The van der Waals surface area contributed by atoms with E-state index in [1.807, 2.05) is 0 Å². The van der Waals surface area contributed by atoms with Gasteiger partial charge in [-0.25, -0.2) is 0 Å². The minimum absolute atomic E-state index is 0.420. The highest BCUT2D eigenvalue weighted by molar-refractivity contribution is 4.87. The zero-order chi connectivity index (χ0) is 8.32. The summed E-state index contributed by atoms with van der Waals surface area (Å²) in [7, 11) is 0. The fourth-order valence-corrected chi connectivity index (χ4v) is 1.12. The summed E-state index contributed by atoms with van der Waals surface area (Å²) in [6, 6.07) is 0. The molecule has 2 nitrogen and oxygen atoms in total. The van der Waals surface area contributed by atoms with Crippen molar-refractivity contribution in [1.29, 1.82) is 0 Å². The molecule has 1 fully saturated rings. The van der Waals surface area contributed by atoms with Crippen molar-refractivity contribution in [2.75, 3.05) is 19.7 Å². The second kappa shape index (κ2) is 3.55. The van der Waals surface area contributed by atoms with E-state index in [2.05, 4.69) is 26.1 Å². The minimum atomic E-state index is 0.420. The summed E-state index contributed by atoms with van der Waals surface area (Å²) in [4.78, 5) is 0. The highest BCUT2D eigenvalue weighted by Gasteiger charge is 2.31. The Morgan fingerprint density at radius 1 is 1.55 bits per heavy atom. The Morgan fingerprint density at radius 3 is 2.55 bits per heavy atom. The van der Waals surface area contributed by atoms with Crippen LogP contribution in [0.1, 0.15) is 27.2 Å². The molecule has 1 atom stereocenters. The maximum atomic E-state index is 5.66. The van der Waals surface area contributed by atoms with Crippen LogP contribution in [0.25, 0.3) is 0 Å². The Labute approximate surface area is 69.3 Å². The Bertz CT molecular complexity index is 121. The van der Waals surface area contributed by atoms with Gasteiger partial charge in [0.05, 0.1) is 12.7 Å². The summed E-state index contributed by atoms with van der Waals surface area (Å²) in [5.74, 6) is 0. The van der Waals surface area contributed by atoms with Gasteiger partial charge in [0.15, 0.2) is 0 Å². The molecule has 2 heteroatoms. The van der Waals surface area contributed by atoms with Crippen molar-refractivity contribution in [2.24, 2.45) is 5.41 Å². The highest BCUT2D eigenvalue weighted by Crippen LogP contribution is 2.22.